The third kappa shape index (κ3) is 4.09. The lowest BCUT2D eigenvalue weighted by Crippen LogP contribution is -2.21. The maximum Gasteiger partial charge on any atom is 0.307 e. The second-order valence-electron chi connectivity index (χ2n) is 3.41. The Bertz CT molecular complexity index is 355. The zero-order valence-electron chi connectivity index (χ0n) is 9.50. The topological polar surface area (TPSA) is 38.3 Å². The molecule has 0 fully saturated rings. The number of ether oxygens (including phenoxy) is 1. The molecule has 0 saturated heterocycles. The predicted octanol–water partition coefficient (Wildman–Crippen LogP) is 2.50. The first-order valence-electron chi connectivity index (χ1n) is 5.25. The summed E-state index contributed by atoms with van der Waals surface area (Å²) in [4.78, 5) is 11.4. The number of halogens is 1. The number of hydrogen-bond acceptors (Lipinski definition) is 3. The molecular formula is C12H16INO2. The van der Waals surface area contributed by atoms with Crippen LogP contribution in [0.2, 0.25) is 0 Å². The highest BCUT2D eigenvalue weighted by molar-refractivity contribution is 14.1. The second-order valence-corrected chi connectivity index (χ2v) is 4.65. The SMILES string of the molecule is CCOC(=O)CC(NC)c1cccc(I)c1. The number of carbonyl (C=O) groups is 1. The molecule has 16 heavy (non-hydrogen) atoms. The van der Waals surface area contributed by atoms with E-state index in [2.05, 4.69) is 34.0 Å². The van der Waals surface area contributed by atoms with Gasteiger partial charge in [-0.2, -0.15) is 0 Å². The van der Waals surface area contributed by atoms with E-state index in [1.54, 1.807) is 0 Å². The lowest BCUT2D eigenvalue weighted by molar-refractivity contribution is -0.143. The molecule has 0 aliphatic rings. The Hall–Kier alpha value is -0.620. The average molecular weight is 333 g/mol. The second kappa shape index (κ2) is 6.85. The van der Waals surface area contributed by atoms with Crippen molar-refractivity contribution in [3.8, 4) is 0 Å². The van der Waals surface area contributed by atoms with Gasteiger partial charge in [-0.1, -0.05) is 12.1 Å². The predicted molar refractivity (Wildman–Crippen MR) is 72.2 cm³/mol. The molecule has 0 aliphatic carbocycles. The molecule has 1 N–H and O–H groups in total. The first kappa shape index (κ1) is 13.4. The summed E-state index contributed by atoms with van der Waals surface area (Å²) in [6, 6.07) is 8.13. The van der Waals surface area contributed by atoms with Crippen LogP contribution in [0.1, 0.15) is 24.9 Å². The number of benzene rings is 1. The Morgan fingerprint density at radius 3 is 2.88 bits per heavy atom. The molecule has 1 unspecified atom stereocenters. The first-order chi connectivity index (χ1) is 7.67. The van der Waals surface area contributed by atoms with Gasteiger partial charge >= 0.3 is 5.97 Å². The smallest absolute Gasteiger partial charge is 0.307 e. The highest BCUT2D eigenvalue weighted by Gasteiger charge is 2.14. The van der Waals surface area contributed by atoms with Crippen LogP contribution >= 0.6 is 22.6 Å². The molecule has 0 spiro atoms. The Balaban J connectivity index is 2.70. The summed E-state index contributed by atoms with van der Waals surface area (Å²) >= 11 is 2.26. The molecule has 0 aromatic heterocycles. The van der Waals surface area contributed by atoms with Crippen molar-refractivity contribution in [1.29, 1.82) is 0 Å². The van der Waals surface area contributed by atoms with Crippen molar-refractivity contribution in [2.75, 3.05) is 13.7 Å². The maximum atomic E-state index is 11.4. The highest BCUT2D eigenvalue weighted by atomic mass is 127. The molecule has 0 heterocycles. The van der Waals surface area contributed by atoms with Gasteiger partial charge in [0.25, 0.3) is 0 Å². The number of rotatable bonds is 5. The van der Waals surface area contributed by atoms with E-state index in [0.717, 1.165) is 5.56 Å². The normalized spacial score (nSPS) is 12.2. The number of carbonyl (C=O) groups excluding carboxylic acids is 1. The number of esters is 1. The molecule has 0 aliphatic heterocycles. The molecule has 4 heteroatoms. The van der Waals surface area contributed by atoms with E-state index in [4.69, 9.17) is 4.74 Å². The number of nitrogens with one attached hydrogen (secondary N) is 1. The van der Waals surface area contributed by atoms with Crippen molar-refractivity contribution in [2.24, 2.45) is 0 Å². The quantitative estimate of drug-likeness (QED) is 0.665. The van der Waals surface area contributed by atoms with Gasteiger partial charge in [0.1, 0.15) is 0 Å². The van der Waals surface area contributed by atoms with Gasteiger partial charge < -0.3 is 10.1 Å². The van der Waals surface area contributed by atoms with Crippen molar-refractivity contribution in [3.63, 3.8) is 0 Å². The van der Waals surface area contributed by atoms with Crippen LogP contribution in [0.15, 0.2) is 24.3 Å². The largest absolute Gasteiger partial charge is 0.466 e. The van der Waals surface area contributed by atoms with Crippen LogP contribution in [-0.4, -0.2) is 19.6 Å². The Morgan fingerprint density at radius 1 is 1.56 bits per heavy atom. The molecule has 1 aromatic rings. The third-order valence-electron chi connectivity index (χ3n) is 2.28. The van der Waals surface area contributed by atoms with E-state index < -0.39 is 0 Å². The van der Waals surface area contributed by atoms with Crippen molar-refractivity contribution >= 4 is 28.6 Å². The van der Waals surface area contributed by atoms with Crippen molar-refractivity contribution < 1.29 is 9.53 Å². The van der Waals surface area contributed by atoms with E-state index >= 15 is 0 Å². The van der Waals surface area contributed by atoms with Crippen molar-refractivity contribution in [2.45, 2.75) is 19.4 Å². The van der Waals surface area contributed by atoms with E-state index in [1.165, 1.54) is 3.57 Å². The van der Waals surface area contributed by atoms with Crippen molar-refractivity contribution in [1.82, 2.24) is 5.32 Å². The van der Waals surface area contributed by atoms with Gasteiger partial charge in [0.15, 0.2) is 0 Å². The van der Waals surface area contributed by atoms with Crippen LogP contribution < -0.4 is 5.32 Å². The van der Waals surface area contributed by atoms with Gasteiger partial charge in [0.2, 0.25) is 0 Å². The van der Waals surface area contributed by atoms with E-state index in [0.29, 0.717) is 13.0 Å². The molecule has 88 valence electrons. The van der Waals surface area contributed by atoms with Crippen LogP contribution in [0.4, 0.5) is 0 Å². The first-order valence-corrected chi connectivity index (χ1v) is 6.33. The van der Waals surface area contributed by atoms with E-state index in [1.807, 2.05) is 32.2 Å². The fraction of sp³-hybridized carbons (Fsp3) is 0.417. The van der Waals surface area contributed by atoms with Gasteiger partial charge in [0, 0.05) is 9.61 Å². The summed E-state index contributed by atoms with van der Waals surface area (Å²) in [5, 5.41) is 3.13. The van der Waals surface area contributed by atoms with Crippen LogP contribution in [0, 0.1) is 3.57 Å². The summed E-state index contributed by atoms with van der Waals surface area (Å²) in [6.07, 6.45) is 0.366. The molecule has 1 atom stereocenters. The van der Waals surface area contributed by atoms with Crippen LogP contribution in [0.5, 0.6) is 0 Å². The van der Waals surface area contributed by atoms with E-state index in [9.17, 15) is 4.79 Å². The summed E-state index contributed by atoms with van der Waals surface area (Å²) in [6.45, 7) is 2.25. The molecule has 1 aromatic carbocycles. The molecule has 0 bridgehead atoms. The minimum absolute atomic E-state index is 0.0220. The summed E-state index contributed by atoms with van der Waals surface area (Å²) in [5.74, 6) is -0.166. The van der Waals surface area contributed by atoms with Crippen LogP contribution in [-0.2, 0) is 9.53 Å². The highest BCUT2D eigenvalue weighted by Crippen LogP contribution is 2.19. The molecule has 1 rings (SSSR count). The van der Waals surface area contributed by atoms with Crippen molar-refractivity contribution in [3.05, 3.63) is 33.4 Å². The minimum Gasteiger partial charge on any atom is -0.466 e. The zero-order chi connectivity index (χ0) is 12.0. The Kier molecular flexibility index (Phi) is 5.76. The summed E-state index contributed by atoms with van der Waals surface area (Å²) in [5.41, 5.74) is 1.11. The molecule has 0 amide bonds. The van der Waals surface area contributed by atoms with Gasteiger partial charge in [0.05, 0.1) is 13.0 Å². The molecule has 0 saturated carbocycles. The van der Waals surface area contributed by atoms with Gasteiger partial charge in [-0.25, -0.2) is 0 Å². The minimum atomic E-state index is -0.166. The number of hydrogen-bond donors (Lipinski definition) is 1. The Morgan fingerprint density at radius 2 is 2.31 bits per heavy atom. The van der Waals surface area contributed by atoms with Gasteiger partial charge in [-0.05, 0) is 54.3 Å². The third-order valence-corrected chi connectivity index (χ3v) is 2.95. The fourth-order valence-corrected chi connectivity index (χ4v) is 2.06. The average Bonchev–Trinajstić information content (AvgIpc) is 2.26. The van der Waals surface area contributed by atoms with Crippen LogP contribution in [0.25, 0.3) is 0 Å². The molecular weight excluding hydrogens is 317 g/mol. The van der Waals surface area contributed by atoms with Gasteiger partial charge in [-0.3, -0.25) is 4.79 Å². The summed E-state index contributed by atoms with van der Waals surface area (Å²) < 4.78 is 6.11. The standard InChI is InChI=1S/C12H16INO2/c1-3-16-12(15)8-11(14-2)9-5-4-6-10(13)7-9/h4-7,11,14H,3,8H2,1-2H3. The monoisotopic (exact) mass is 333 g/mol. The van der Waals surface area contributed by atoms with E-state index in [-0.39, 0.29) is 12.0 Å². The van der Waals surface area contributed by atoms with Gasteiger partial charge in [-0.15, -0.1) is 0 Å². The molecule has 3 nitrogen and oxygen atoms in total. The fourth-order valence-electron chi connectivity index (χ4n) is 1.50. The lowest BCUT2D eigenvalue weighted by atomic mass is 10.0. The van der Waals surface area contributed by atoms with Crippen LogP contribution in [0.3, 0.4) is 0 Å². The molecule has 0 radical (unpaired) electrons. The summed E-state index contributed by atoms with van der Waals surface area (Å²) in [7, 11) is 1.85. The zero-order valence-corrected chi connectivity index (χ0v) is 11.7. The lowest BCUT2D eigenvalue weighted by Gasteiger charge is -2.15. The maximum absolute atomic E-state index is 11.4. The Labute approximate surface area is 110 Å².